The van der Waals surface area contributed by atoms with Crippen LogP contribution in [0.5, 0.6) is 0 Å². The van der Waals surface area contributed by atoms with Gasteiger partial charge in [-0.25, -0.2) is 13.1 Å². The standard InChI is InChI=1S/C11H14N2O3S/c1-9(16-2)8-13-17(14,15)11-6-4-3-5-10(11)7-12/h3-6,9,13H,8H2,1-2H3. The molecule has 1 atom stereocenters. The lowest BCUT2D eigenvalue weighted by Gasteiger charge is -2.11. The summed E-state index contributed by atoms with van der Waals surface area (Å²) >= 11 is 0. The highest BCUT2D eigenvalue weighted by Crippen LogP contribution is 2.13. The fourth-order valence-electron chi connectivity index (χ4n) is 1.18. The summed E-state index contributed by atoms with van der Waals surface area (Å²) < 4.78 is 31.2. The maximum absolute atomic E-state index is 11.9. The van der Waals surface area contributed by atoms with E-state index < -0.39 is 10.0 Å². The topological polar surface area (TPSA) is 79.2 Å². The Bertz CT molecular complexity index is 520. The van der Waals surface area contributed by atoms with Gasteiger partial charge >= 0.3 is 0 Å². The molecule has 0 aliphatic rings. The number of nitrogens with one attached hydrogen (secondary N) is 1. The van der Waals surface area contributed by atoms with E-state index in [4.69, 9.17) is 10.00 Å². The number of benzene rings is 1. The summed E-state index contributed by atoms with van der Waals surface area (Å²) in [6.07, 6.45) is -0.223. The van der Waals surface area contributed by atoms with E-state index in [0.717, 1.165) is 0 Å². The Morgan fingerprint density at radius 3 is 2.71 bits per heavy atom. The first kappa shape index (κ1) is 13.6. The van der Waals surface area contributed by atoms with Crippen LogP contribution >= 0.6 is 0 Å². The molecule has 6 heteroatoms. The number of hydrogen-bond donors (Lipinski definition) is 1. The fraction of sp³-hybridized carbons (Fsp3) is 0.364. The van der Waals surface area contributed by atoms with Crippen LogP contribution < -0.4 is 4.72 Å². The van der Waals surface area contributed by atoms with Gasteiger partial charge < -0.3 is 4.74 Å². The average Bonchev–Trinajstić information content (AvgIpc) is 2.35. The van der Waals surface area contributed by atoms with Crippen molar-refractivity contribution in [2.75, 3.05) is 13.7 Å². The van der Waals surface area contributed by atoms with Crippen LogP contribution in [0, 0.1) is 11.3 Å². The van der Waals surface area contributed by atoms with Crippen LogP contribution in [0.25, 0.3) is 0 Å². The first-order chi connectivity index (χ1) is 8.01. The van der Waals surface area contributed by atoms with Crippen LogP contribution in [-0.4, -0.2) is 28.2 Å². The second kappa shape index (κ2) is 5.77. The molecule has 0 saturated carbocycles. The minimum absolute atomic E-state index is 0.00852. The van der Waals surface area contributed by atoms with E-state index in [1.54, 1.807) is 19.1 Å². The van der Waals surface area contributed by atoms with Crippen LogP contribution in [0.2, 0.25) is 0 Å². The summed E-state index contributed by atoms with van der Waals surface area (Å²) in [7, 11) is -2.16. The molecule has 17 heavy (non-hydrogen) atoms. The maximum atomic E-state index is 11.9. The largest absolute Gasteiger partial charge is 0.380 e. The molecule has 1 unspecified atom stereocenters. The Hall–Kier alpha value is -1.42. The predicted molar refractivity (Wildman–Crippen MR) is 62.8 cm³/mol. The molecule has 0 aliphatic heterocycles. The minimum atomic E-state index is -3.66. The van der Waals surface area contributed by atoms with Crippen molar-refractivity contribution in [1.29, 1.82) is 5.26 Å². The molecule has 0 fully saturated rings. The average molecular weight is 254 g/mol. The smallest absolute Gasteiger partial charge is 0.241 e. The van der Waals surface area contributed by atoms with Crippen molar-refractivity contribution in [2.24, 2.45) is 0 Å². The molecule has 0 aromatic heterocycles. The molecule has 1 aromatic carbocycles. The molecule has 0 amide bonds. The van der Waals surface area contributed by atoms with Crippen molar-refractivity contribution in [3.8, 4) is 6.07 Å². The monoisotopic (exact) mass is 254 g/mol. The van der Waals surface area contributed by atoms with E-state index in [0.29, 0.717) is 0 Å². The van der Waals surface area contributed by atoms with E-state index in [-0.39, 0.29) is 23.1 Å². The number of hydrogen-bond acceptors (Lipinski definition) is 4. The van der Waals surface area contributed by atoms with Crippen molar-refractivity contribution < 1.29 is 13.2 Å². The van der Waals surface area contributed by atoms with Crippen molar-refractivity contribution in [2.45, 2.75) is 17.9 Å². The molecule has 0 radical (unpaired) electrons. The van der Waals surface area contributed by atoms with Gasteiger partial charge in [0.15, 0.2) is 0 Å². The Kier molecular flexibility index (Phi) is 4.63. The highest BCUT2D eigenvalue weighted by Gasteiger charge is 2.18. The lowest BCUT2D eigenvalue weighted by atomic mass is 10.2. The van der Waals surface area contributed by atoms with Gasteiger partial charge in [-0.05, 0) is 19.1 Å². The first-order valence-electron chi connectivity index (χ1n) is 5.03. The summed E-state index contributed by atoms with van der Waals surface area (Å²) in [4.78, 5) is -0.00852. The zero-order valence-corrected chi connectivity index (χ0v) is 10.5. The number of rotatable bonds is 5. The summed E-state index contributed by atoms with van der Waals surface area (Å²) in [6, 6.07) is 7.92. The number of nitriles is 1. The van der Waals surface area contributed by atoms with Crippen LogP contribution in [0.15, 0.2) is 29.2 Å². The number of sulfonamides is 1. The van der Waals surface area contributed by atoms with E-state index >= 15 is 0 Å². The van der Waals surface area contributed by atoms with Gasteiger partial charge in [-0.2, -0.15) is 5.26 Å². The molecule has 1 rings (SSSR count). The third-order valence-corrected chi connectivity index (χ3v) is 3.74. The Balaban J connectivity index is 2.95. The van der Waals surface area contributed by atoms with E-state index in [9.17, 15) is 8.42 Å². The molecule has 1 N–H and O–H groups in total. The van der Waals surface area contributed by atoms with E-state index in [2.05, 4.69) is 4.72 Å². The molecular weight excluding hydrogens is 240 g/mol. The summed E-state index contributed by atoms with van der Waals surface area (Å²) in [5.74, 6) is 0. The van der Waals surface area contributed by atoms with Gasteiger partial charge in [0.2, 0.25) is 10.0 Å². The Morgan fingerprint density at radius 1 is 1.47 bits per heavy atom. The second-order valence-corrected chi connectivity index (χ2v) is 5.24. The van der Waals surface area contributed by atoms with Crippen molar-refractivity contribution in [3.05, 3.63) is 29.8 Å². The molecule has 5 nitrogen and oxygen atoms in total. The van der Waals surface area contributed by atoms with Crippen LogP contribution in [0.4, 0.5) is 0 Å². The van der Waals surface area contributed by atoms with Gasteiger partial charge in [0.05, 0.1) is 16.6 Å². The first-order valence-corrected chi connectivity index (χ1v) is 6.51. The Labute approximate surface area is 101 Å². The summed E-state index contributed by atoms with van der Waals surface area (Å²) in [6.45, 7) is 1.91. The Morgan fingerprint density at radius 2 is 2.12 bits per heavy atom. The minimum Gasteiger partial charge on any atom is -0.380 e. The van der Waals surface area contributed by atoms with Gasteiger partial charge in [-0.1, -0.05) is 12.1 Å². The van der Waals surface area contributed by atoms with Gasteiger partial charge in [-0.15, -0.1) is 0 Å². The second-order valence-electron chi connectivity index (χ2n) is 3.51. The predicted octanol–water partition coefficient (Wildman–Crippen LogP) is 0.871. The normalized spacial score (nSPS) is 13.0. The molecule has 0 saturated heterocycles. The van der Waals surface area contributed by atoms with Gasteiger partial charge in [0.25, 0.3) is 0 Å². The van der Waals surface area contributed by atoms with E-state index in [1.807, 2.05) is 6.07 Å². The van der Waals surface area contributed by atoms with Gasteiger partial charge in [0, 0.05) is 13.7 Å². The summed E-state index contributed by atoms with van der Waals surface area (Å²) in [5.41, 5.74) is 0.130. The summed E-state index contributed by atoms with van der Waals surface area (Å²) in [5, 5.41) is 8.84. The van der Waals surface area contributed by atoms with Crippen molar-refractivity contribution in [3.63, 3.8) is 0 Å². The molecule has 0 bridgehead atoms. The number of nitrogens with zero attached hydrogens (tertiary/aromatic N) is 1. The maximum Gasteiger partial charge on any atom is 0.241 e. The van der Waals surface area contributed by atoms with Crippen molar-refractivity contribution >= 4 is 10.0 Å². The van der Waals surface area contributed by atoms with Gasteiger partial charge in [-0.3, -0.25) is 0 Å². The zero-order valence-electron chi connectivity index (χ0n) is 9.67. The van der Waals surface area contributed by atoms with Crippen LogP contribution in [-0.2, 0) is 14.8 Å². The zero-order chi connectivity index (χ0) is 12.9. The number of methoxy groups -OCH3 is 1. The molecule has 0 spiro atoms. The highest BCUT2D eigenvalue weighted by molar-refractivity contribution is 7.89. The number of ether oxygens (including phenoxy) is 1. The van der Waals surface area contributed by atoms with Crippen LogP contribution in [0.1, 0.15) is 12.5 Å². The SMILES string of the molecule is COC(C)CNS(=O)(=O)c1ccccc1C#N. The fourth-order valence-corrected chi connectivity index (χ4v) is 2.45. The third kappa shape index (κ3) is 3.53. The van der Waals surface area contributed by atoms with Crippen LogP contribution in [0.3, 0.4) is 0 Å². The van der Waals surface area contributed by atoms with Crippen molar-refractivity contribution in [1.82, 2.24) is 4.72 Å². The lowest BCUT2D eigenvalue weighted by molar-refractivity contribution is 0.122. The molecule has 1 aromatic rings. The quantitative estimate of drug-likeness (QED) is 0.845. The van der Waals surface area contributed by atoms with Gasteiger partial charge in [0.1, 0.15) is 6.07 Å². The molecule has 92 valence electrons. The third-order valence-electron chi connectivity index (χ3n) is 2.26. The molecule has 0 aliphatic carbocycles. The molecular formula is C11H14N2O3S. The highest BCUT2D eigenvalue weighted by atomic mass is 32.2. The molecule has 0 heterocycles. The van der Waals surface area contributed by atoms with E-state index in [1.165, 1.54) is 19.2 Å². The lowest BCUT2D eigenvalue weighted by Crippen LogP contribution is -2.32.